The van der Waals surface area contributed by atoms with Gasteiger partial charge in [0.05, 0.1) is 12.1 Å². The molecule has 2 saturated carbocycles. The molecule has 7 nitrogen and oxygen atoms in total. The molecule has 3 aliphatic rings. The van der Waals surface area contributed by atoms with E-state index < -0.39 is 12.0 Å². The first-order valence-electron chi connectivity index (χ1n) is 12.1. The number of nitrogens with zero attached hydrogens (tertiary/aromatic N) is 4. The zero-order chi connectivity index (χ0) is 23.7. The average molecular weight is 512 g/mol. The maximum absolute atomic E-state index is 13.0. The van der Waals surface area contributed by atoms with Gasteiger partial charge < -0.3 is 10.1 Å². The van der Waals surface area contributed by atoms with Crippen LogP contribution in [0.3, 0.4) is 0 Å². The minimum Gasteiger partial charge on any atom is -0.466 e. The van der Waals surface area contributed by atoms with E-state index in [1.165, 1.54) is 27.6 Å². The predicted octanol–water partition coefficient (Wildman–Crippen LogP) is 4.15. The van der Waals surface area contributed by atoms with E-state index in [4.69, 9.17) is 4.74 Å². The first-order valence-corrected chi connectivity index (χ1v) is 13.8. The van der Waals surface area contributed by atoms with E-state index in [1.807, 2.05) is 6.92 Å². The highest BCUT2D eigenvalue weighted by molar-refractivity contribution is 7.13. The van der Waals surface area contributed by atoms with E-state index in [1.54, 1.807) is 0 Å². The van der Waals surface area contributed by atoms with Gasteiger partial charge in [-0.3, -0.25) is 9.69 Å². The van der Waals surface area contributed by atoms with Crippen molar-refractivity contribution in [1.82, 2.24) is 25.4 Å². The molecule has 2 fully saturated rings. The highest BCUT2D eigenvalue weighted by Crippen LogP contribution is 2.41. The van der Waals surface area contributed by atoms with Gasteiger partial charge in [-0.25, -0.2) is 13.8 Å². The number of rotatable bonds is 8. The van der Waals surface area contributed by atoms with Gasteiger partial charge >= 0.3 is 0 Å². The minimum absolute atomic E-state index is 0.0429. The van der Waals surface area contributed by atoms with E-state index in [-0.39, 0.29) is 24.8 Å². The molecule has 0 unspecified atom stereocenters. The van der Waals surface area contributed by atoms with Crippen LogP contribution in [-0.2, 0) is 24.2 Å². The molecule has 2 aromatic rings. The Kier molecular flexibility index (Phi) is 7.13. The Morgan fingerprint density at radius 3 is 2.71 bits per heavy atom. The van der Waals surface area contributed by atoms with Gasteiger partial charge in [0, 0.05) is 36.9 Å². The number of nitrogens with one attached hydrogen (secondary N) is 1. The fourth-order valence-corrected chi connectivity index (χ4v) is 6.77. The number of carbonyl (C=O) groups excluding carboxylic acids is 1. The topological polar surface area (TPSA) is 80.2 Å². The van der Waals surface area contributed by atoms with Crippen LogP contribution >= 0.6 is 22.7 Å². The fraction of sp³-hybridized carbons (Fsp3) is 0.739. The molecule has 186 valence electrons. The summed E-state index contributed by atoms with van der Waals surface area (Å²) in [5.41, 5.74) is 1.05. The molecule has 1 amide bonds. The molecule has 2 aliphatic carbocycles. The summed E-state index contributed by atoms with van der Waals surface area (Å²) in [7, 11) is 0. The van der Waals surface area contributed by atoms with Gasteiger partial charge in [-0.05, 0) is 57.9 Å². The first-order chi connectivity index (χ1) is 16.3. The van der Waals surface area contributed by atoms with Gasteiger partial charge in [0.25, 0.3) is 11.1 Å². The summed E-state index contributed by atoms with van der Waals surface area (Å²) in [6.07, 6.45) is 5.98. The van der Waals surface area contributed by atoms with Crippen molar-refractivity contribution >= 4 is 28.6 Å². The third kappa shape index (κ3) is 6.09. The van der Waals surface area contributed by atoms with Gasteiger partial charge in [-0.2, -0.15) is 0 Å². The van der Waals surface area contributed by atoms with Crippen molar-refractivity contribution in [3.05, 3.63) is 20.6 Å². The first kappa shape index (κ1) is 24.0. The molecule has 0 bridgehead atoms. The lowest BCUT2D eigenvalue weighted by Gasteiger charge is -2.33. The lowest BCUT2D eigenvalue weighted by Crippen LogP contribution is -2.43. The number of thiazole rings is 1. The van der Waals surface area contributed by atoms with E-state index >= 15 is 0 Å². The monoisotopic (exact) mass is 511 g/mol. The van der Waals surface area contributed by atoms with Crippen LogP contribution in [0.25, 0.3) is 0 Å². The smallest absolute Gasteiger partial charge is 0.273 e. The zero-order valence-electron chi connectivity index (χ0n) is 19.4. The van der Waals surface area contributed by atoms with Gasteiger partial charge in [0.1, 0.15) is 16.1 Å². The summed E-state index contributed by atoms with van der Waals surface area (Å²) >= 11 is 3.00. The highest BCUT2D eigenvalue weighted by atomic mass is 32.1. The molecule has 0 radical (unpaired) electrons. The number of amides is 1. The molecule has 3 heterocycles. The summed E-state index contributed by atoms with van der Waals surface area (Å²) in [6, 6.07) is 0.263. The second-order valence-electron chi connectivity index (χ2n) is 9.85. The van der Waals surface area contributed by atoms with Crippen LogP contribution in [0.2, 0.25) is 0 Å². The van der Waals surface area contributed by atoms with Crippen LogP contribution in [-0.4, -0.2) is 57.1 Å². The highest BCUT2D eigenvalue weighted by Gasteiger charge is 2.47. The van der Waals surface area contributed by atoms with E-state index in [0.29, 0.717) is 17.5 Å². The average Bonchev–Trinajstić information content (AvgIpc) is 3.36. The van der Waals surface area contributed by atoms with Crippen molar-refractivity contribution in [2.24, 2.45) is 5.92 Å². The third-order valence-electron chi connectivity index (χ3n) is 7.05. The molecule has 0 aromatic carbocycles. The molecule has 0 atom stereocenters. The van der Waals surface area contributed by atoms with Crippen molar-refractivity contribution in [2.45, 2.75) is 89.3 Å². The Hall–Kier alpha value is -1.72. The quantitative estimate of drug-likeness (QED) is 0.574. The normalized spacial score (nSPS) is 24.9. The maximum atomic E-state index is 13.0. The second-order valence-corrected chi connectivity index (χ2v) is 12.2. The third-order valence-corrected chi connectivity index (χ3v) is 8.94. The Labute approximate surface area is 206 Å². The summed E-state index contributed by atoms with van der Waals surface area (Å²) in [5, 5.41) is 13.4. The Morgan fingerprint density at radius 1 is 1.21 bits per heavy atom. The summed E-state index contributed by atoms with van der Waals surface area (Å²) < 4.78 is 31.8. The Bertz CT molecular complexity index is 997. The molecule has 1 N–H and O–H groups in total. The molecule has 0 saturated heterocycles. The SMILES string of the molecule is Cc1nnc(CC(=O)N[C@H]2CC[C@H](CCN3CCc4sc(OC5CC(F)(F)C5)nc4C3)CC2)s1. The van der Waals surface area contributed by atoms with Crippen molar-refractivity contribution in [1.29, 1.82) is 0 Å². The maximum Gasteiger partial charge on any atom is 0.273 e. The van der Waals surface area contributed by atoms with E-state index in [2.05, 4.69) is 25.4 Å². The van der Waals surface area contributed by atoms with Gasteiger partial charge in [-0.15, -0.1) is 21.5 Å². The van der Waals surface area contributed by atoms with Crippen LogP contribution in [0.15, 0.2) is 0 Å². The lowest BCUT2D eigenvalue weighted by atomic mass is 9.84. The number of fused-ring (bicyclic) bond motifs is 1. The van der Waals surface area contributed by atoms with Crippen LogP contribution in [0.5, 0.6) is 5.19 Å². The number of halogens is 2. The molecular weight excluding hydrogens is 480 g/mol. The summed E-state index contributed by atoms with van der Waals surface area (Å²) in [4.78, 5) is 20.6. The zero-order valence-corrected chi connectivity index (χ0v) is 21.0. The number of hydrogen-bond donors (Lipinski definition) is 1. The minimum atomic E-state index is -2.57. The van der Waals surface area contributed by atoms with Crippen LogP contribution in [0.4, 0.5) is 8.78 Å². The van der Waals surface area contributed by atoms with Gasteiger partial charge in [-0.1, -0.05) is 11.3 Å². The van der Waals surface area contributed by atoms with Crippen molar-refractivity contribution in [3.8, 4) is 5.19 Å². The van der Waals surface area contributed by atoms with Crippen LogP contribution in [0, 0.1) is 12.8 Å². The molecule has 2 aromatic heterocycles. The number of ether oxygens (including phenoxy) is 1. The second kappa shape index (κ2) is 10.1. The molecule has 1 aliphatic heterocycles. The van der Waals surface area contributed by atoms with Crippen molar-refractivity contribution in [2.75, 3.05) is 13.1 Å². The number of aryl methyl sites for hydroxylation is 1. The number of aromatic nitrogens is 3. The molecule has 5 rings (SSSR count). The molecular formula is C23H31F2N5O2S2. The summed E-state index contributed by atoms with van der Waals surface area (Å²) in [5.74, 6) is -1.84. The Balaban J connectivity index is 1.00. The van der Waals surface area contributed by atoms with E-state index in [0.717, 1.165) is 73.9 Å². The van der Waals surface area contributed by atoms with Crippen LogP contribution in [0.1, 0.15) is 65.5 Å². The standard InChI is InChI=1S/C23H31F2N5O2S2/c1-14-28-29-21(33-14)10-20(31)26-16-4-2-15(3-5-16)6-8-30-9-7-19-18(13-30)27-22(34-19)32-17-11-23(24,25)12-17/h15-17H,2-13H2,1H3,(H,26,31)/t15-,16-. The van der Waals surface area contributed by atoms with Gasteiger partial charge in [0.2, 0.25) is 5.91 Å². The van der Waals surface area contributed by atoms with Crippen molar-refractivity contribution < 1.29 is 18.3 Å². The largest absolute Gasteiger partial charge is 0.466 e. The Morgan fingerprint density at radius 2 is 2.00 bits per heavy atom. The fourth-order valence-electron chi connectivity index (χ4n) is 5.09. The lowest BCUT2D eigenvalue weighted by molar-refractivity contribution is -0.134. The molecule has 34 heavy (non-hydrogen) atoms. The molecule has 11 heteroatoms. The number of hydrogen-bond acceptors (Lipinski definition) is 8. The van der Waals surface area contributed by atoms with Crippen molar-refractivity contribution in [3.63, 3.8) is 0 Å². The summed E-state index contributed by atoms with van der Waals surface area (Å²) in [6.45, 7) is 4.76. The number of alkyl halides is 2. The van der Waals surface area contributed by atoms with E-state index in [9.17, 15) is 13.6 Å². The molecule has 0 spiro atoms. The van der Waals surface area contributed by atoms with Crippen LogP contribution < -0.4 is 10.1 Å². The predicted molar refractivity (Wildman–Crippen MR) is 127 cm³/mol. The van der Waals surface area contributed by atoms with Gasteiger partial charge in [0.15, 0.2) is 0 Å². The number of carbonyl (C=O) groups is 1.